The summed E-state index contributed by atoms with van der Waals surface area (Å²) in [5.41, 5.74) is -0.910. The first kappa shape index (κ1) is 43.0. The van der Waals surface area contributed by atoms with Gasteiger partial charge in [0.25, 0.3) is 0 Å². The third-order valence-corrected chi connectivity index (χ3v) is 9.67. The van der Waals surface area contributed by atoms with Gasteiger partial charge in [0.2, 0.25) is 0 Å². The normalized spacial score (nSPS) is 24.0. The first-order valence-electron chi connectivity index (χ1n) is 18.3. The predicted molar refractivity (Wildman–Crippen MR) is 187 cm³/mol. The van der Waals surface area contributed by atoms with E-state index in [1.165, 1.54) is 110 Å². The van der Waals surface area contributed by atoms with E-state index in [1.54, 1.807) is 0 Å². The van der Waals surface area contributed by atoms with Crippen molar-refractivity contribution in [1.29, 1.82) is 0 Å². The predicted octanol–water partition coefficient (Wildman–Crippen LogP) is 7.91. The molecule has 1 fully saturated rings. The Labute approximate surface area is 298 Å². The zero-order valence-corrected chi connectivity index (χ0v) is 32.0. The van der Waals surface area contributed by atoms with E-state index >= 15 is 0 Å². The van der Waals surface area contributed by atoms with Crippen LogP contribution in [0.15, 0.2) is 11.5 Å². The van der Waals surface area contributed by atoms with Crippen molar-refractivity contribution in [2.75, 3.05) is 12.4 Å². The van der Waals surface area contributed by atoms with E-state index in [4.69, 9.17) is 33.2 Å². The topological polar surface area (TPSA) is 133 Å². The van der Waals surface area contributed by atoms with E-state index in [0.29, 0.717) is 5.75 Å². The summed E-state index contributed by atoms with van der Waals surface area (Å²) < 4.78 is 40.4. The van der Waals surface area contributed by atoms with Crippen LogP contribution in [-0.4, -0.2) is 71.9 Å². The smallest absolute Gasteiger partial charge is 0.307 e. The zero-order chi connectivity index (χ0) is 36.4. The second-order valence-corrected chi connectivity index (χ2v) is 14.9. The number of hydrogen-bond acceptors (Lipinski definition) is 12. The third-order valence-electron chi connectivity index (χ3n) is 8.57. The number of carbonyl (C=O) groups is 4. The molecule has 0 bridgehead atoms. The molecule has 2 aliphatic rings. The Hall–Kier alpha value is -2.15. The fourth-order valence-electron chi connectivity index (χ4n) is 6.26. The van der Waals surface area contributed by atoms with Crippen molar-refractivity contribution in [2.45, 2.75) is 181 Å². The van der Waals surface area contributed by atoms with Gasteiger partial charge in [0.15, 0.2) is 28.8 Å². The van der Waals surface area contributed by atoms with Crippen molar-refractivity contribution >= 4 is 35.6 Å². The number of hydrogen-bond donors (Lipinski definition) is 0. The molecule has 0 amide bonds. The highest BCUT2D eigenvalue weighted by Crippen LogP contribution is 2.39. The van der Waals surface area contributed by atoms with Crippen LogP contribution in [0.2, 0.25) is 0 Å². The maximum atomic E-state index is 12.1. The Morgan fingerprint density at radius 1 is 0.735 bits per heavy atom. The Morgan fingerprint density at radius 3 is 1.82 bits per heavy atom. The molecule has 11 nitrogen and oxygen atoms in total. The summed E-state index contributed by atoms with van der Waals surface area (Å²) >= 11 is 1.34. The Kier molecular flexibility index (Phi) is 19.9. The van der Waals surface area contributed by atoms with Gasteiger partial charge in [-0.2, -0.15) is 0 Å². The highest BCUT2D eigenvalue weighted by atomic mass is 32.2. The summed E-state index contributed by atoms with van der Waals surface area (Å²) in [7, 11) is 0. The lowest BCUT2D eigenvalue weighted by Gasteiger charge is -2.36. The fourth-order valence-corrected chi connectivity index (χ4v) is 7.52. The number of carbonyl (C=O) groups excluding carboxylic acids is 4. The van der Waals surface area contributed by atoms with E-state index in [1.807, 2.05) is 13.8 Å². The van der Waals surface area contributed by atoms with Crippen LogP contribution < -0.4 is 0 Å². The minimum absolute atomic E-state index is 0.00581. The van der Waals surface area contributed by atoms with Gasteiger partial charge in [-0.15, -0.1) is 11.8 Å². The minimum atomic E-state index is -1.28. The lowest BCUT2D eigenvalue weighted by molar-refractivity contribution is -0.174. The van der Waals surface area contributed by atoms with Crippen molar-refractivity contribution in [3.63, 3.8) is 0 Å². The summed E-state index contributed by atoms with van der Waals surface area (Å²) in [4.78, 5) is 47.8. The van der Waals surface area contributed by atoms with Crippen LogP contribution in [0, 0.1) is 5.92 Å². The van der Waals surface area contributed by atoms with Gasteiger partial charge in [-0.05, 0) is 38.4 Å². The number of rotatable bonds is 23. The van der Waals surface area contributed by atoms with E-state index in [-0.39, 0.29) is 36.3 Å². The van der Waals surface area contributed by atoms with Gasteiger partial charge in [0, 0.05) is 27.7 Å². The number of thioether (sulfide) groups is 1. The number of esters is 4. The van der Waals surface area contributed by atoms with Gasteiger partial charge in [-0.25, -0.2) is 0 Å². The van der Waals surface area contributed by atoms with Crippen LogP contribution >= 0.6 is 11.8 Å². The van der Waals surface area contributed by atoms with Gasteiger partial charge in [-0.3, -0.25) is 19.2 Å². The highest BCUT2D eigenvalue weighted by Gasteiger charge is 2.46. The monoisotopic (exact) mass is 714 g/mol. The molecule has 282 valence electrons. The van der Waals surface area contributed by atoms with E-state index < -0.39 is 47.3 Å². The molecule has 6 atom stereocenters. The van der Waals surface area contributed by atoms with Crippen LogP contribution in [0.3, 0.4) is 0 Å². The molecule has 0 N–H and O–H groups in total. The molecule has 49 heavy (non-hydrogen) atoms. The molecular weight excluding hydrogens is 652 g/mol. The van der Waals surface area contributed by atoms with Crippen LogP contribution in [0.5, 0.6) is 0 Å². The first-order chi connectivity index (χ1) is 23.2. The van der Waals surface area contributed by atoms with E-state index in [0.717, 1.165) is 19.3 Å². The molecule has 2 heterocycles. The second kappa shape index (κ2) is 22.6. The van der Waals surface area contributed by atoms with Gasteiger partial charge in [-0.1, -0.05) is 90.9 Å². The molecule has 0 spiro atoms. The standard InChI is InChI=1S/C37H62O11S/c1-9-10-11-12-13-14-15-16-17-18-19-20-21-30-32(48-37(7,8)47-30)25(2)22-23-49-36-35(45-29(6)41)34(44-28(5)40)33(43-27(4)39)31(46-36)24-42-26(3)38/h25,30-33,36H,9-24H2,1-8H3/t25-,30?,31?,32-,33-,36-/m0/s1. The van der Waals surface area contributed by atoms with Crippen molar-refractivity contribution in [2.24, 2.45) is 5.92 Å². The summed E-state index contributed by atoms with van der Waals surface area (Å²) in [6.45, 7) is 12.8. The molecule has 2 unspecified atom stereocenters. The Balaban J connectivity index is 1.99. The van der Waals surface area contributed by atoms with Crippen molar-refractivity contribution < 1.29 is 52.3 Å². The highest BCUT2D eigenvalue weighted by molar-refractivity contribution is 7.99. The number of ether oxygens (including phenoxy) is 7. The quantitative estimate of drug-likeness (QED) is 0.0579. The molecule has 0 aromatic heterocycles. The maximum Gasteiger partial charge on any atom is 0.307 e. The molecular formula is C37H62O11S. The van der Waals surface area contributed by atoms with Crippen LogP contribution in [0.1, 0.15) is 145 Å². The molecule has 2 aliphatic heterocycles. The molecule has 0 aliphatic carbocycles. The fraction of sp³-hybridized carbons (Fsp3) is 0.838. The summed E-state index contributed by atoms with van der Waals surface area (Å²) in [5.74, 6) is -2.82. The van der Waals surface area contributed by atoms with E-state index in [9.17, 15) is 19.2 Å². The summed E-state index contributed by atoms with van der Waals surface area (Å²) in [6.07, 6.45) is 14.9. The Morgan fingerprint density at radius 2 is 1.29 bits per heavy atom. The average molecular weight is 715 g/mol. The molecule has 0 aromatic rings. The van der Waals surface area contributed by atoms with Gasteiger partial charge >= 0.3 is 23.9 Å². The number of unbranched alkanes of at least 4 members (excludes halogenated alkanes) is 11. The van der Waals surface area contributed by atoms with Crippen LogP contribution in [-0.2, 0) is 52.3 Å². The largest absolute Gasteiger partial charge is 0.463 e. The van der Waals surface area contributed by atoms with Crippen LogP contribution in [0.25, 0.3) is 0 Å². The molecule has 12 heteroatoms. The maximum absolute atomic E-state index is 12.1. The van der Waals surface area contributed by atoms with Crippen molar-refractivity contribution in [1.82, 2.24) is 0 Å². The summed E-state index contributed by atoms with van der Waals surface area (Å²) in [6, 6.07) is 0. The molecule has 1 saturated heterocycles. The lowest BCUT2D eigenvalue weighted by Crippen LogP contribution is -2.47. The Bertz CT molecular complexity index is 1070. The van der Waals surface area contributed by atoms with Crippen molar-refractivity contribution in [3.8, 4) is 0 Å². The SMILES string of the molecule is CCCCCCCCCCCCCCC1OC(C)(C)O[C@H]1[C@@H](C)CCS[C@@H]1OC(COC(C)=O)[C@H](OC(C)=O)C(OC(C)=O)=C1OC(C)=O. The lowest BCUT2D eigenvalue weighted by atomic mass is 9.94. The second-order valence-electron chi connectivity index (χ2n) is 13.7. The van der Waals surface area contributed by atoms with Crippen molar-refractivity contribution in [3.05, 3.63) is 11.5 Å². The minimum Gasteiger partial charge on any atom is -0.463 e. The van der Waals surface area contributed by atoms with Crippen LogP contribution in [0.4, 0.5) is 0 Å². The van der Waals surface area contributed by atoms with E-state index in [2.05, 4.69) is 13.8 Å². The summed E-state index contributed by atoms with van der Waals surface area (Å²) in [5, 5.41) is 0. The van der Waals surface area contributed by atoms with Gasteiger partial charge in [0.1, 0.15) is 12.7 Å². The molecule has 2 rings (SSSR count). The average Bonchev–Trinajstić information content (AvgIpc) is 3.32. The molecule has 0 aromatic carbocycles. The van der Waals surface area contributed by atoms with Gasteiger partial charge in [0.05, 0.1) is 12.2 Å². The zero-order valence-electron chi connectivity index (χ0n) is 31.2. The first-order valence-corrected chi connectivity index (χ1v) is 19.3. The third kappa shape index (κ3) is 16.6. The van der Waals surface area contributed by atoms with Gasteiger partial charge < -0.3 is 33.2 Å². The molecule has 0 radical (unpaired) electrons. The molecule has 0 saturated carbocycles.